The van der Waals surface area contributed by atoms with Gasteiger partial charge in [0.25, 0.3) is 0 Å². The van der Waals surface area contributed by atoms with Gasteiger partial charge in [-0.15, -0.1) is 0 Å². The lowest BCUT2D eigenvalue weighted by molar-refractivity contribution is 0.238. The molecule has 1 aromatic rings. The number of hydrogen-bond donors (Lipinski definition) is 1. The molecule has 0 bridgehead atoms. The van der Waals surface area contributed by atoms with Crippen molar-refractivity contribution in [1.29, 1.82) is 0 Å². The van der Waals surface area contributed by atoms with Crippen LogP contribution in [0.15, 0.2) is 18.2 Å². The maximum Gasteiger partial charge on any atom is 0.121 e. The Balaban J connectivity index is 1.89. The molecule has 19 heavy (non-hydrogen) atoms. The highest BCUT2D eigenvalue weighted by atomic mass is 16.5. The topological polar surface area (TPSA) is 21.3 Å². The molecule has 1 aliphatic carbocycles. The van der Waals surface area contributed by atoms with E-state index in [4.69, 9.17) is 4.74 Å². The first-order valence-electron chi connectivity index (χ1n) is 7.45. The molecule has 1 aliphatic rings. The minimum Gasteiger partial charge on any atom is -0.496 e. The summed E-state index contributed by atoms with van der Waals surface area (Å²) in [5, 5.41) is 3.72. The summed E-state index contributed by atoms with van der Waals surface area (Å²) in [5.41, 5.74) is 2.57. The van der Waals surface area contributed by atoms with Crippen LogP contribution in [0.2, 0.25) is 0 Å². The second-order valence-electron chi connectivity index (χ2n) is 6.30. The SMILES string of the molecule is COc1ccc(CNC2CC(C)CC(C)C2)cc1C. The van der Waals surface area contributed by atoms with Crippen molar-refractivity contribution >= 4 is 0 Å². The molecule has 1 fully saturated rings. The molecule has 0 radical (unpaired) electrons. The zero-order valence-electron chi connectivity index (χ0n) is 12.7. The Labute approximate surface area is 117 Å². The van der Waals surface area contributed by atoms with Crippen molar-refractivity contribution in [1.82, 2.24) is 5.32 Å². The summed E-state index contributed by atoms with van der Waals surface area (Å²) >= 11 is 0. The molecule has 0 saturated heterocycles. The highest BCUT2D eigenvalue weighted by Crippen LogP contribution is 2.28. The van der Waals surface area contributed by atoms with Gasteiger partial charge >= 0.3 is 0 Å². The van der Waals surface area contributed by atoms with Gasteiger partial charge in [0.05, 0.1) is 7.11 Å². The second kappa shape index (κ2) is 6.42. The van der Waals surface area contributed by atoms with E-state index in [-0.39, 0.29) is 0 Å². The third-order valence-corrected chi connectivity index (χ3v) is 4.23. The molecule has 0 spiro atoms. The zero-order valence-corrected chi connectivity index (χ0v) is 12.7. The average molecular weight is 261 g/mol. The van der Waals surface area contributed by atoms with Crippen LogP contribution in [-0.4, -0.2) is 13.2 Å². The van der Waals surface area contributed by atoms with Crippen LogP contribution >= 0.6 is 0 Å². The fourth-order valence-corrected chi connectivity index (χ4v) is 3.43. The van der Waals surface area contributed by atoms with Crippen molar-refractivity contribution in [2.24, 2.45) is 11.8 Å². The van der Waals surface area contributed by atoms with Gasteiger partial charge < -0.3 is 10.1 Å². The number of benzene rings is 1. The normalized spacial score (nSPS) is 27.3. The molecule has 0 heterocycles. The van der Waals surface area contributed by atoms with Gasteiger partial charge in [-0.25, -0.2) is 0 Å². The minimum atomic E-state index is 0.682. The fourth-order valence-electron chi connectivity index (χ4n) is 3.43. The lowest BCUT2D eigenvalue weighted by atomic mass is 9.80. The van der Waals surface area contributed by atoms with Gasteiger partial charge in [-0.1, -0.05) is 26.0 Å². The summed E-state index contributed by atoms with van der Waals surface area (Å²) < 4.78 is 5.30. The fraction of sp³-hybridized carbons (Fsp3) is 0.647. The average Bonchev–Trinajstić information content (AvgIpc) is 2.35. The van der Waals surface area contributed by atoms with Crippen molar-refractivity contribution in [3.63, 3.8) is 0 Å². The van der Waals surface area contributed by atoms with Crippen molar-refractivity contribution in [2.45, 2.75) is 52.6 Å². The maximum atomic E-state index is 5.30. The van der Waals surface area contributed by atoms with Crippen LogP contribution in [0.25, 0.3) is 0 Å². The number of methoxy groups -OCH3 is 1. The number of rotatable bonds is 4. The van der Waals surface area contributed by atoms with Crippen LogP contribution in [-0.2, 0) is 6.54 Å². The molecular formula is C17H27NO. The van der Waals surface area contributed by atoms with Gasteiger partial charge in [0.15, 0.2) is 0 Å². The predicted molar refractivity (Wildman–Crippen MR) is 80.5 cm³/mol. The van der Waals surface area contributed by atoms with Gasteiger partial charge in [0.2, 0.25) is 0 Å². The predicted octanol–water partition coefficient (Wildman–Crippen LogP) is 3.92. The number of ether oxygens (including phenoxy) is 1. The quantitative estimate of drug-likeness (QED) is 0.887. The van der Waals surface area contributed by atoms with Crippen molar-refractivity contribution < 1.29 is 4.74 Å². The van der Waals surface area contributed by atoms with Crippen LogP contribution in [0.5, 0.6) is 5.75 Å². The van der Waals surface area contributed by atoms with Crippen LogP contribution < -0.4 is 10.1 Å². The molecule has 2 rings (SSSR count). The first-order valence-corrected chi connectivity index (χ1v) is 7.45. The second-order valence-corrected chi connectivity index (χ2v) is 6.30. The van der Waals surface area contributed by atoms with Gasteiger partial charge in [-0.2, -0.15) is 0 Å². The Hall–Kier alpha value is -1.02. The third kappa shape index (κ3) is 3.97. The van der Waals surface area contributed by atoms with E-state index in [0.717, 1.165) is 24.1 Å². The lowest BCUT2D eigenvalue weighted by Crippen LogP contribution is -2.35. The van der Waals surface area contributed by atoms with Crippen molar-refractivity contribution in [2.75, 3.05) is 7.11 Å². The van der Waals surface area contributed by atoms with E-state index in [1.807, 2.05) is 0 Å². The maximum absolute atomic E-state index is 5.30. The Morgan fingerprint density at radius 1 is 1.16 bits per heavy atom. The summed E-state index contributed by atoms with van der Waals surface area (Å²) in [6.45, 7) is 7.83. The molecule has 1 saturated carbocycles. The molecule has 1 N–H and O–H groups in total. The molecule has 2 heteroatoms. The first-order chi connectivity index (χ1) is 9.08. The third-order valence-electron chi connectivity index (χ3n) is 4.23. The van der Waals surface area contributed by atoms with Gasteiger partial charge in [0, 0.05) is 12.6 Å². The number of nitrogens with one attached hydrogen (secondary N) is 1. The Bertz CT molecular complexity index is 406. The molecular weight excluding hydrogens is 234 g/mol. The van der Waals surface area contributed by atoms with Crippen LogP contribution in [0.1, 0.15) is 44.2 Å². The van der Waals surface area contributed by atoms with Crippen molar-refractivity contribution in [3.05, 3.63) is 29.3 Å². The lowest BCUT2D eigenvalue weighted by Gasteiger charge is -2.32. The van der Waals surface area contributed by atoms with E-state index in [1.165, 1.54) is 30.4 Å². The molecule has 2 unspecified atom stereocenters. The van der Waals surface area contributed by atoms with Crippen LogP contribution in [0.3, 0.4) is 0 Å². The number of hydrogen-bond acceptors (Lipinski definition) is 2. The van der Waals surface area contributed by atoms with E-state index >= 15 is 0 Å². The van der Waals surface area contributed by atoms with E-state index in [9.17, 15) is 0 Å². The Morgan fingerprint density at radius 2 is 1.84 bits per heavy atom. The van der Waals surface area contributed by atoms with Gasteiger partial charge in [-0.3, -0.25) is 0 Å². The Morgan fingerprint density at radius 3 is 2.42 bits per heavy atom. The van der Waals surface area contributed by atoms with Crippen LogP contribution in [0, 0.1) is 18.8 Å². The molecule has 0 amide bonds. The molecule has 0 aliphatic heterocycles. The summed E-state index contributed by atoms with van der Waals surface area (Å²) in [6.07, 6.45) is 4.03. The van der Waals surface area contributed by atoms with Gasteiger partial charge in [-0.05, 0) is 55.2 Å². The van der Waals surface area contributed by atoms with Crippen molar-refractivity contribution in [3.8, 4) is 5.75 Å². The molecule has 0 aromatic heterocycles. The summed E-state index contributed by atoms with van der Waals surface area (Å²) in [5.74, 6) is 2.70. The molecule has 2 nitrogen and oxygen atoms in total. The number of aryl methyl sites for hydroxylation is 1. The summed E-state index contributed by atoms with van der Waals surface area (Å²) in [7, 11) is 1.73. The van der Waals surface area contributed by atoms with E-state index < -0.39 is 0 Å². The largest absolute Gasteiger partial charge is 0.496 e. The highest BCUT2D eigenvalue weighted by molar-refractivity contribution is 5.36. The first kappa shape index (κ1) is 14.4. The Kier molecular flexibility index (Phi) is 4.87. The smallest absolute Gasteiger partial charge is 0.121 e. The highest BCUT2D eigenvalue weighted by Gasteiger charge is 2.23. The molecule has 106 valence electrons. The summed E-state index contributed by atoms with van der Waals surface area (Å²) in [6, 6.07) is 7.13. The molecule has 1 aromatic carbocycles. The molecule has 2 atom stereocenters. The summed E-state index contributed by atoms with van der Waals surface area (Å²) in [4.78, 5) is 0. The zero-order chi connectivity index (χ0) is 13.8. The van der Waals surface area contributed by atoms with Crippen LogP contribution in [0.4, 0.5) is 0 Å². The van der Waals surface area contributed by atoms with E-state index in [2.05, 4.69) is 44.3 Å². The monoisotopic (exact) mass is 261 g/mol. The van der Waals surface area contributed by atoms with E-state index in [1.54, 1.807) is 7.11 Å². The standard InChI is InChI=1S/C17H27NO/c1-12-7-13(2)9-16(8-12)18-11-15-5-6-17(19-4)14(3)10-15/h5-6,10,12-13,16,18H,7-9,11H2,1-4H3. The minimum absolute atomic E-state index is 0.682. The van der Waals surface area contributed by atoms with E-state index in [0.29, 0.717) is 6.04 Å². The van der Waals surface area contributed by atoms with Gasteiger partial charge in [0.1, 0.15) is 5.75 Å².